The van der Waals surface area contributed by atoms with Gasteiger partial charge in [-0.15, -0.1) is 0 Å². The average Bonchev–Trinajstić information content (AvgIpc) is 2.80. The molecule has 31 heavy (non-hydrogen) atoms. The summed E-state index contributed by atoms with van der Waals surface area (Å²) in [6.07, 6.45) is 0.735. The van der Waals surface area contributed by atoms with Gasteiger partial charge in [0.05, 0.1) is 11.1 Å². The van der Waals surface area contributed by atoms with Crippen LogP contribution in [0.25, 0.3) is 0 Å². The van der Waals surface area contributed by atoms with Crippen molar-refractivity contribution in [3.8, 4) is 0 Å². The molecule has 156 valence electrons. The van der Waals surface area contributed by atoms with Gasteiger partial charge in [0.15, 0.2) is 0 Å². The summed E-state index contributed by atoms with van der Waals surface area (Å²) in [5, 5.41) is 15.4. The highest BCUT2D eigenvalue weighted by molar-refractivity contribution is 7.95. The number of hydrogen-bond donors (Lipinski definition) is 0. The molecule has 0 heterocycles. The molecule has 4 aromatic carbocycles. The molecule has 0 saturated heterocycles. The van der Waals surface area contributed by atoms with Crippen LogP contribution in [-0.2, 0) is 6.16 Å². The lowest BCUT2D eigenvalue weighted by molar-refractivity contribution is -0.385. The van der Waals surface area contributed by atoms with Crippen LogP contribution in [0.5, 0.6) is 0 Å². The second-order valence-electron chi connectivity index (χ2n) is 7.29. The second kappa shape index (κ2) is 10.00. The van der Waals surface area contributed by atoms with Crippen molar-refractivity contribution in [2.75, 3.05) is 0 Å². The fourth-order valence-electron chi connectivity index (χ4n) is 4.06. The van der Waals surface area contributed by atoms with Crippen LogP contribution in [0.1, 0.15) is 11.1 Å². The van der Waals surface area contributed by atoms with E-state index in [0.717, 1.165) is 17.3 Å². The first kappa shape index (κ1) is 22.9. The van der Waals surface area contributed by atoms with Gasteiger partial charge in [0.25, 0.3) is 5.69 Å². The van der Waals surface area contributed by atoms with Gasteiger partial charge < -0.3 is 17.0 Å². The number of hydrogen-bond acceptors (Lipinski definition) is 2. The van der Waals surface area contributed by atoms with E-state index in [1.165, 1.54) is 15.9 Å². The number of benzene rings is 4. The van der Waals surface area contributed by atoms with Crippen molar-refractivity contribution in [3.05, 3.63) is 130 Å². The van der Waals surface area contributed by atoms with Gasteiger partial charge in [0, 0.05) is 11.6 Å². The van der Waals surface area contributed by atoms with E-state index in [2.05, 4.69) is 72.8 Å². The minimum absolute atomic E-state index is 0. The molecule has 0 aromatic heterocycles. The van der Waals surface area contributed by atoms with Crippen molar-refractivity contribution in [2.45, 2.75) is 13.1 Å². The van der Waals surface area contributed by atoms with Crippen LogP contribution in [0.15, 0.2) is 109 Å². The van der Waals surface area contributed by atoms with E-state index in [9.17, 15) is 10.1 Å². The zero-order chi connectivity index (χ0) is 21.0. The molecule has 0 aliphatic carbocycles. The van der Waals surface area contributed by atoms with E-state index in [1.54, 1.807) is 12.1 Å². The average molecular weight is 492 g/mol. The third-order valence-electron chi connectivity index (χ3n) is 5.61. The van der Waals surface area contributed by atoms with E-state index in [0.29, 0.717) is 0 Å². The lowest BCUT2D eigenvalue weighted by atomic mass is 10.1. The van der Waals surface area contributed by atoms with Crippen LogP contribution >= 0.6 is 7.26 Å². The van der Waals surface area contributed by atoms with Crippen LogP contribution in [0.4, 0.5) is 5.69 Å². The lowest BCUT2D eigenvalue weighted by Crippen LogP contribution is -3.00. The number of nitro benzene ring substituents is 1. The summed E-state index contributed by atoms with van der Waals surface area (Å²) in [7, 11) is -2.07. The maximum atomic E-state index is 11.6. The van der Waals surface area contributed by atoms with Crippen LogP contribution in [0, 0.1) is 17.0 Å². The Bertz CT molecular complexity index is 1060. The summed E-state index contributed by atoms with van der Waals surface area (Å²) in [6, 6.07) is 37.2. The first-order valence-electron chi connectivity index (χ1n) is 9.91. The number of nitro groups is 1. The van der Waals surface area contributed by atoms with Gasteiger partial charge in [0.1, 0.15) is 23.2 Å². The van der Waals surface area contributed by atoms with Crippen LogP contribution in [-0.4, -0.2) is 4.92 Å². The normalized spacial score (nSPS) is 10.9. The Balaban J connectivity index is 0.00000272. The summed E-state index contributed by atoms with van der Waals surface area (Å²) in [6.45, 7) is 1.86. The van der Waals surface area contributed by atoms with Gasteiger partial charge in [-0.1, -0.05) is 66.7 Å². The minimum Gasteiger partial charge on any atom is -1.00 e. The van der Waals surface area contributed by atoms with Crippen molar-refractivity contribution in [2.24, 2.45) is 0 Å². The first-order chi connectivity index (χ1) is 14.6. The minimum atomic E-state index is -2.07. The molecule has 0 atom stereocenters. The summed E-state index contributed by atoms with van der Waals surface area (Å²) in [5.41, 5.74) is 1.95. The van der Waals surface area contributed by atoms with E-state index in [-0.39, 0.29) is 27.6 Å². The Morgan fingerprint density at radius 1 is 0.677 bits per heavy atom. The van der Waals surface area contributed by atoms with E-state index in [4.69, 9.17) is 0 Å². The molecule has 0 saturated carbocycles. The Kier molecular flexibility index (Phi) is 7.37. The number of rotatable bonds is 6. The highest BCUT2D eigenvalue weighted by Gasteiger charge is 2.45. The molecule has 0 bridgehead atoms. The molecule has 0 spiro atoms. The Hall–Kier alpha value is -2.81. The van der Waals surface area contributed by atoms with E-state index in [1.807, 2.05) is 31.2 Å². The molecule has 3 nitrogen and oxygen atoms in total. The lowest BCUT2D eigenvalue weighted by Gasteiger charge is -2.28. The number of halogens is 1. The monoisotopic (exact) mass is 491 g/mol. The predicted molar refractivity (Wildman–Crippen MR) is 127 cm³/mol. The maximum Gasteiger partial charge on any atom is 0.272 e. The molecule has 4 rings (SSSR count). The van der Waals surface area contributed by atoms with Gasteiger partial charge in [0.2, 0.25) is 0 Å². The highest BCUT2D eigenvalue weighted by Crippen LogP contribution is 2.58. The van der Waals surface area contributed by atoms with E-state index >= 15 is 0 Å². The molecule has 0 unspecified atom stereocenters. The molecule has 0 amide bonds. The van der Waals surface area contributed by atoms with Gasteiger partial charge in [-0.25, -0.2) is 0 Å². The number of nitrogens with zero attached hydrogens (tertiary/aromatic N) is 1. The predicted octanol–water partition coefficient (Wildman–Crippen LogP) is 2.40. The van der Waals surface area contributed by atoms with Crippen LogP contribution in [0.2, 0.25) is 0 Å². The summed E-state index contributed by atoms with van der Waals surface area (Å²) >= 11 is 0. The Morgan fingerprint density at radius 2 is 1.10 bits per heavy atom. The molecule has 4 aromatic rings. The van der Waals surface area contributed by atoms with Gasteiger partial charge in [-0.3, -0.25) is 10.1 Å². The molecule has 0 fully saturated rings. The zero-order valence-corrected chi connectivity index (χ0v) is 19.7. The first-order valence-corrected chi connectivity index (χ1v) is 11.9. The molecule has 0 aliphatic heterocycles. The third-order valence-corrected chi connectivity index (χ3v) is 9.97. The van der Waals surface area contributed by atoms with Gasteiger partial charge in [-0.2, -0.15) is 0 Å². The fourth-order valence-corrected chi connectivity index (χ4v) is 8.40. The zero-order valence-electron chi connectivity index (χ0n) is 17.2. The van der Waals surface area contributed by atoms with Crippen molar-refractivity contribution < 1.29 is 21.9 Å². The Morgan fingerprint density at radius 3 is 1.48 bits per heavy atom. The quantitative estimate of drug-likeness (QED) is 0.236. The van der Waals surface area contributed by atoms with Crippen LogP contribution < -0.4 is 32.9 Å². The summed E-state index contributed by atoms with van der Waals surface area (Å²) in [5.74, 6) is 0. The largest absolute Gasteiger partial charge is 1.00 e. The smallest absolute Gasteiger partial charge is 0.272 e. The SMILES string of the molecule is Cc1c(C[P+](c2ccccc2)(c2ccccc2)c2ccccc2)cccc1[N+](=O)[O-].[Br-]. The van der Waals surface area contributed by atoms with E-state index < -0.39 is 7.26 Å². The second-order valence-corrected chi connectivity index (χ2v) is 10.8. The van der Waals surface area contributed by atoms with Crippen molar-refractivity contribution >= 4 is 28.9 Å². The fraction of sp³-hybridized carbons (Fsp3) is 0.0769. The van der Waals surface area contributed by atoms with Crippen molar-refractivity contribution in [3.63, 3.8) is 0 Å². The molecule has 0 N–H and O–H groups in total. The topological polar surface area (TPSA) is 43.1 Å². The molecular weight excluding hydrogens is 469 g/mol. The maximum absolute atomic E-state index is 11.6. The third kappa shape index (κ3) is 4.46. The van der Waals surface area contributed by atoms with Crippen molar-refractivity contribution in [1.29, 1.82) is 0 Å². The summed E-state index contributed by atoms with van der Waals surface area (Å²) in [4.78, 5) is 11.3. The summed E-state index contributed by atoms with van der Waals surface area (Å²) < 4.78 is 0. The Labute approximate surface area is 194 Å². The molecule has 0 radical (unpaired) electrons. The highest BCUT2D eigenvalue weighted by atomic mass is 79.9. The molecule has 5 heteroatoms. The van der Waals surface area contributed by atoms with Gasteiger partial charge >= 0.3 is 0 Å². The molecule has 0 aliphatic rings. The van der Waals surface area contributed by atoms with Crippen molar-refractivity contribution in [1.82, 2.24) is 0 Å². The molecular formula is C26H23BrNO2P. The van der Waals surface area contributed by atoms with Crippen LogP contribution in [0.3, 0.4) is 0 Å². The van der Waals surface area contributed by atoms with Gasteiger partial charge in [-0.05, 0) is 48.9 Å². The standard InChI is InChI=1S/C26H23NO2P.BrH/c1-21-22(12-11-19-26(21)27(28)29)20-30(23-13-5-2-6-14-23,24-15-7-3-8-16-24)25-17-9-4-10-18-25;/h2-19H,20H2,1H3;1H/q+1;/p-1.